The van der Waals surface area contributed by atoms with E-state index in [-0.39, 0.29) is 0 Å². The van der Waals surface area contributed by atoms with Gasteiger partial charge in [0.2, 0.25) is 0 Å². The number of nitrogens with zero attached hydrogens (tertiary/aromatic N) is 1. The Morgan fingerprint density at radius 2 is 2.44 bits per heavy atom. The summed E-state index contributed by atoms with van der Waals surface area (Å²) < 4.78 is 0. The first kappa shape index (κ1) is 6.24. The van der Waals surface area contributed by atoms with Crippen LogP contribution in [0.2, 0.25) is 0 Å². The molecule has 1 rings (SSSR count). The smallest absolute Gasteiger partial charge is 0.140 e. The van der Waals surface area contributed by atoms with Crippen LogP contribution in [-0.4, -0.2) is 4.98 Å². The monoisotopic (exact) mass is 138 g/mol. The molecule has 0 fully saturated rings. The van der Waals surface area contributed by atoms with Gasteiger partial charge in [0.1, 0.15) is 5.40 Å². The second kappa shape index (κ2) is 2.60. The number of hydrogen-bond donors (Lipinski definition) is 1. The normalized spacial score (nSPS) is 8.89. The lowest BCUT2D eigenvalue weighted by atomic mass is 10.5. The maximum atomic E-state index is 8.22. The summed E-state index contributed by atoms with van der Waals surface area (Å²) in [5.41, 5.74) is 1.09. The van der Waals surface area contributed by atoms with Crippen molar-refractivity contribution in [2.24, 2.45) is 0 Å². The summed E-state index contributed by atoms with van der Waals surface area (Å²) in [6.45, 7) is 1.96. The van der Waals surface area contributed by atoms with E-state index in [4.69, 9.17) is 5.26 Å². The van der Waals surface area contributed by atoms with Crippen molar-refractivity contribution in [2.75, 3.05) is 0 Å². The molecule has 0 bridgehead atoms. The number of hydrogen-bond acceptors (Lipinski definition) is 2. The molecule has 1 aromatic rings. The van der Waals surface area contributed by atoms with Gasteiger partial charge in [0.05, 0.1) is 5.03 Å². The Labute approximate surface area is 57.9 Å². The number of aromatic amines is 1. The van der Waals surface area contributed by atoms with Gasteiger partial charge in [-0.25, -0.2) is 0 Å². The van der Waals surface area contributed by atoms with E-state index in [1.165, 1.54) is 0 Å². The van der Waals surface area contributed by atoms with Crippen LogP contribution < -0.4 is 0 Å². The average Bonchev–Trinajstić information content (AvgIpc) is 2.17. The van der Waals surface area contributed by atoms with Crippen molar-refractivity contribution in [3.8, 4) is 5.40 Å². The van der Waals surface area contributed by atoms with Gasteiger partial charge in [0, 0.05) is 17.5 Å². The number of thiocyanates is 1. The Hall–Kier alpha value is -0.880. The topological polar surface area (TPSA) is 39.6 Å². The molecule has 0 unspecified atom stereocenters. The molecule has 0 saturated heterocycles. The quantitative estimate of drug-likeness (QED) is 0.475. The Bertz CT molecular complexity index is 233. The Balaban J connectivity index is 2.76. The largest absolute Gasteiger partial charge is 0.353 e. The van der Waals surface area contributed by atoms with E-state index in [0.29, 0.717) is 0 Å². The van der Waals surface area contributed by atoms with E-state index in [1.807, 2.05) is 24.5 Å². The maximum absolute atomic E-state index is 8.22. The van der Waals surface area contributed by atoms with Crippen LogP contribution in [0.25, 0.3) is 0 Å². The number of aryl methyl sites for hydroxylation is 1. The number of H-pyrrole nitrogens is 1. The Kier molecular flexibility index (Phi) is 1.81. The SMILES string of the molecule is Cc1ccc(SC#N)[nH]1. The van der Waals surface area contributed by atoms with E-state index >= 15 is 0 Å². The molecule has 0 amide bonds. The molecular weight excluding hydrogens is 132 g/mol. The minimum absolute atomic E-state index is 0.912. The molecule has 1 heterocycles. The van der Waals surface area contributed by atoms with Gasteiger partial charge >= 0.3 is 0 Å². The zero-order valence-electron chi connectivity index (χ0n) is 5.01. The van der Waals surface area contributed by atoms with E-state index in [2.05, 4.69) is 4.98 Å². The van der Waals surface area contributed by atoms with E-state index in [9.17, 15) is 0 Å². The van der Waals surface area contributed by atoms with Gasteiger partial charge in [-0.1, -0.05) is 0 Å². The minimum Gasteiger partial charge on any atom is -0.353 e. The second-order valence-electron chi connectivity index (χ2n) is 1.70. The first-order chi connectivity index (χ1) is 4.33. The van der Waals surface area contributed by atoms with Gasteiger partial charge in [0.25, 0.3) is 0 Å². The molecule has 0 spiro atoms. The maximum Gasteiger partial charge on any atom is 0.140 e. The van der Waals surface area contributed by atoms with Crippen molar-refractivity contribution in [2.45, 2.75) is 11.9 Å². The lowest BCUT2D eigenvalue weighted by Gasteiger charge is -1.81. The Morgan fingerprint density at radius 3 is 2.89 bits per heavy atom. The molecule has 0 aromatic carbocycles. The third-order valence-electron chi connectivity index (χ3n) is 0.961. The number of nitrogens with one attached hydrogen (secondary N) is 1. The highest BCUT2D eigenvalue weighted by atomic mass is 32.2. The van der Waals surface area contributed by atoms with Crippen molar-refractivity contribution in [1.29, 1.82) is 5.26 Å². The van der Waals surface area contributed by atoms with Crippen molar-refractivity contribution in [1.82, 2.24) is 4.98 Å². The summed E-state index contributed by atoms with van der Waals surface area (Å²) >= 11 is 1.15. The fraction of sp³-hybridized carbons (Fsp3) is 0.167. The van der Waals surface area contributed by atoms with Gasteiger partial charge < -0.3 is 4.98 Å². The lowest BCUT2D eigenvalue weighted by molar-refractivity contribution is 1.14. The zero-order valence-corrected chi connectivity index (χ0v) is 5.83. The van der Waals surface area contributed by atoms with Crippen LogP contribution in [0.1, 0.15) is 5.69 Å². The van der Waals surface area contributed by atoms with Crippen LogP contribution in [0.15, 0.2) is 17.2 Å². The van der Waals surface area contributed by atoms with Crippen LogP contribution in [0.3, 0.4) is 0 Å². The number of aromatic nitrogens is 1. The van der Waals surface area contributed by atoms with Gasteiger partial charge in [0.15, 0.2) is 0 Å². The molecule has 2 nitrogen and oxygen atoms in total. The molecule has 9 heavy (non-hydrogen) atoms. The van der Waals surface area contributed by atoms with Crippen LogP contribution in [-0.2, 0) is 0 Å². The highest BCUT2D eigenvalue weighted by Gasteiger charge is 1.91. The standard InChI is InChI=1S/C6H6N2S/c1-5-2-3-6(8-5)9-4-7/h2-3,8H,1H3. The molecule has 46 valence electrons. The van der Waals surface area contributed by atoms with Gasteiger partial charge in [-0.2, -0.15) is 5.26 Å². The summed E-state index contributed by atoms with van der Waals surface area (Å²) in [5, 5.41) is 11.1. The number of nitriles is 1. The molecule has 1 N–H and O–H groups in total. The van der Waals surface area contributed by atoms with Crippen LogP contribution >= 0.6 is 11.8 Å². The van der Waals surface area contributed by atoms with Gasteiger partial charge in [-0.3, -0.25) is 0 Å². The van der Waals surface area contributed by atoms with Crippen molar-refractivity contribution in [3.63, 3.8) is 0 Å². The predicted octanol–water partition coefficient (Wildman–Crippen LogP) is 1.90. The van der Waals surface area contributed by atoms with Gasteiger partial charge in [-0.05, 0) is 19.1 Å². The van der Waals surface area contributed by atoms with Gasteiger partial charge in [-0.15, -0.1) is 0 Å². The third kappa shape index (κ3) is 1.51. The minimum atomic E-state index is 0.912. The number of thioether (sulfide) groups is 1. The highest BCUT2D eigenvalue weighted by Crippen LogP contribution is 2.13. The second-order valence-corrected chi connectivity index (χ2v) is 2.53. The lowest BCUT2D eigenvalue weighted by Crippen LogP contribution is -1.67. The fourth-order valence-corrected chi connectivity index (χ4v) is 1.03. The zero-order chi connectivity index (χ0) is 6.69. The predicted molar refractivity (Wildman–Crippen MR) is 37.0 cm³/mol. The first-order valence-electron chi connectivity index (χ1n) is 2.54. The van der Waals surface area contributed by atoms with Crippen molar-refractivity contribution >= 4 is 11.8 Å². The molecule has 0 atom stereocenters. The summed E-state index contributed by atoms with van der Waals surface area (Å²) in [7, 11) is 0. The van der Waals surface area contributed by atoms with E-state index in [1.54, 1.807) is 0 Å². The molecule has 0 aliphatic carbocycles. The average molecular weight is 138 g/mol. The molecule has 0 aliphatic heterocycles. The summed E-state index contributed by atoms with van der Waals surface area (Å²) in [5.74, 6) is 0. The molecule has 0 radical (unpaired) electrons. The van der Waals surface area contributed by atoms with Crippen molar-refractivity contribution in [3.05, 3.63) is 17.8 Å². The van der Waals surface area contributed by atoms with E-state index in [0.717, 1.165) is 22.5 Å². The van der Waals surface area contributed by atoms with Crippen LogP contribution in [0.4, 0.5) is 0 Å². The summed E-state index contributed by atoms with van der Waals surface area (Å²) in [6.07, 6.45) is 0. The molecule has 1 aromatic heterocycles. The van der Waals surface area contributed by atoms with Crippen LogP contribution in [0.5, 0.6) is 0 Å². The fourth-order valence-electron chi connectivity index (χ4n) is 0.587. The molecule has 3 heteroatoms. The van der Waals surface area contributed by atoms with Crippen molar-refractivity contribution < 1.29 is 0 Å². The van der Waals surface area contributed by atoms with Crippen LogP contribution in [0, 0.1) is 17.6 Å². The molecular formula is C6H6N2S. The third-order valence-corrected chi connectivity index (χ3v) is 1.51. The summed E-state index contributed by atoms with van der Waals surface area (Å²) in [6, 6.07) is 3.84. The molecule has 0 aliphatic rings. The molecule has 0 saturated carbocycles. The first-order valence-corrected chi connectivity index (χ1v) is 3.36. The van der Waals surface area contributed by atoms with E-state index < -0.39 is 0 Å². The highest BCUT2D eigenvalue weighted by molar-refractivity contribution is 8.03. The summed E-state index contributed by atoms with van der Waals surface area (Å²) in [4.78, 5) is 3.02. The Morgan fingerprint density at radius 1 is 1.67 bits per heavy atom. The number of rotatable bonds is 1.